The third-order valence-corrected chi connectivity index (χ3v) is 4.90. The number of hydrogen-bond acceptors (Lipinski definition) is 4. The molecule has 0 aromatic carbocycles. The number of pyridine rings is 1. The zero-order valence-electron chi connectivity index (χ0n) is 11.9. The molecule has 3 rings (SSSR count). The van der Waals surface area contributed by atoms with Gasteiger partial charge in [0.25, 0.3) is 5.91 Å². The first-order valence-corrected chi connectivity index (χ1v) is 7.35. The van der Waals surface area contributed by atoms with E-state index in [-0.39, 0.29) is 5.91 Å². The van der Waals surface area contributed by atoms with Crippen molar-refractivity contribution in [2.24, 2.45) is 23.6 Å². The molecule has 2 fully saturated rings. The molecule has 108 valence electrons. The first kappa shape index (κ1) is 13.4. The molecule has 3 N–H and O–H groups in total. The second-order valence-electron chi connectivity index (χ2n) is 6.20. The first-order valence-electron chi connectivity index (χ1n) is 7.35. The number of rotatable bonds is 4. The summed E-state index contributed by atoms with van der Waals surface area (Å²) in [5.41, 5.74) is 3.08. The van der Waals surface area contributed by atoms with Crippen molar-refractivity contribution >= 4 is 11.7 Å². The highest BCUT2D eigenvalue weighted by Crippen LogP contribution is 2.48. The zero-order chi connectivity index (χ0) is 14.1. The van der Waals surface area contributed by atoms with Crippen molar-refractivity contribution in [3.05, 3.63) is 23.9 Å². The topological polar surface area (TPSA) is 71.2 Å². The molecule has 2 aliphatic rings. The molecule has 20 heavy (non-hydrogen) atoms. The van der Waals surface area contributed by atoms with Gasteiger partial charge in [-0.3, -0.25) is 4.79 Å². The van der Waals surface area contributed by atoms with E-state index in [1.54, 1.807) is 18.3 Å². The van der Waals surface area contributed by atoms with Crippen LogP contribution in [-0.2, 0) is 0 Å². The summed E-state index contributed by atoms with van der Waals surface area (Å²) in [4.78, 5) is 18.3. The molecule has 3 unspecified atom stereocenters. The van der Waals surface area contributed by atoms with E-state index in [1.165, 1.54) is 25.7 Å². The zero-order valence-corrected chi connectivity index (χ0v) is 11.9. The van der Waals surface area contributed by atoms with Crippen molar-refractivity contribution in [3.63, 3.8) is 0 Å². The molecule has 0 saturated heterocycles. The minimum Gasteiger partial charge on any atom is -0.341 e. The maximum atomic E-state index is 12.4. The number of hydrogen-bond donors (Lipinski definition) is 2. The maximum absolute atomic E-state index is 12.4. The van der Waals surface area contributed by atoms with Crippen molar-refractivity contribution in [2.45, 2.75) is 25.7 Å². The van der Waals surface area contributed by atoms with Crippen LogP contribution < -0.4 is 11.3 Å². The fraction of sp³-hybridized carbons (Fsp3) is 0.600. The van der Waals surface area contributed by atoms with Crippen LogP contribution in [0.3, 0.4) is 0 Å². The second-order valence-corrected chi connectivity index (χ2v) is 6.20. The summed E-state index contributed by atoms with van der Waals surface area (Å²) in [7, 11) is 1.89. The minimum atomic E-state index is 0.0452. The Balaban J connectivity index is 1.61. The van der Waals surface area contributed by atoms with E-state index in [4.69, 9.17) is 5.84 Å². The van der Waals surface area contributed by atoms with Gasteiger partial charge in [0.05, 0.1) is 5.56 Å². The van der Waals surface area contributed by atoms with E-state index >= 15 is 0 Å². The smallest absolute Gasteiger partial charge is 0.255 e. The van der Waals surface area contributed by atoms with Crippen LogP contribution in [0, 0.1) is 17.8 Å². The molecule has 2 aliphatic carbocycles. The van der Waals surface area contributed by atoms with Crippen LogP contribution in [-0.4, -0.2) is 29.4 Å². The molecule has 1 amide bonds. The van der Waals surface area contributed by atoms with Crippen LogP contribution >= 0.6 is 0 Å². The Kier molecular flexibility index (Phi) is 3.61. The van der Waals surface area contributed by atoms with Gasteiger partial charge in [-0.25, -0.2) is 10.8 Å². The number of aromatic nitrogens is 1. The Morgan fingerprint density at radius 2 is 2.30 bits per heavy atom. The molecular weight excluding hydrogens is 252 g/mol. The number of carbonyl (C=O) groups excluding carboxylic acids is 1. The van der Waals surface area contributed by atoms with Crippen LogP contribution in [0.1, 0.15) is 36.0 Å². The van der Waals surface area contributed by atoms with Gasteiger partial charge in [0.2, 0.25) is 0 Å². The van der Waals surface area contributed by atoms with E-state index in [9.17, 15) is 4.79 Å². The summed E-state index contributed by atoms with van der Waals surface area (Å²) >= 11 is 0. The van der Waals surface area contributed by atoms with E-state index in [1.807, 2.05) is 11.9 Å². The summed E-state index contributed by atoms with van der Waals surface area (Å²) in [6.07, 6.45) is 7.02. The second kappa shape index (κ2) is 5.40. The third kappa shape index (κ3) is 2.50. The van der Waals surface area contributed by atoms with Gasteiger partial charge in [0.1, 0.15) is 5.82 Å². The van der Waals surface area contributed by atoms with Gasteiger partial charge in [0.15, 0.2) is 0 Å². The van der Waals surface area contributed by atoms with Gasteiger partial charge < -0.3 is 10.3 Å². The molecule has 5 heteroatoms. The summed E-state index contributed by atoms with van der Waals surface area (Å²) in [5, 5.41) is 0. The van der Waals surface area contributed by atoms with E-state index in [2.05, 4.69) is 10.4 Å². The van der Waals surface area contributed by atoms with E-state index in [0.29, 0.717) is 17.3 Å². The molecule has 2 saturated carbocycles. The Morgan fingerprint density at radius 1 is 1.45 bits per heavy atom. The molecule has 3 atom stereocenters. The predicted molar refractivity (Wildman–Crippen MR) is 77.9 cm³/mol. The molecule has 0 aliphatic heterocycles. The van der Waals surface area contributed by atoms with E-state index in [0.717, 1.165) is 18.4 Å². The highest BCUT2D eigenvalue weighted by atomic mass is 16.2. The molecular formula is C15H22N4O. The monoisotopic (exact) mass is 274 g/mol. The largest absolute Gasteiger partial charge is 0.341 e. The van der Waals surface area contributed by atoms with Crippen LogP contribution in [0.2, 0.25) is 0 Å². The maximum Gasteiger partial charge on any atom is 0.255 e. The Hall–Kier alpha value is -1.62. The number of hydrazine groups is 1. The summed E-state index contributed by atoms with van der Waals surface area (Å²) in [5.74, 6) is 8.34. The number of fused-ring (bicyclic) bond motifs is 2. The number of nitrogens with one attached hydrogen (secondary N) is 1. The average Bonchev–Trinajstić information content (AvgIpc) is 3.09. The predicted octanol–water partition coefficient (Wildman–Crippen LogP) is 1.88. The fourth-order valence-corrected chi connectivity index (χ4v) is 3.86. The molecule has 0 spiro atoms. The van der Waals surface area contributed by atoms with Gasteiger partial charge in [-0.1, -0.05) is 6.42 Å². The highest BCUT2D eigenvalue weighted by Gasteiger charge is 2.40. The van der Waals surface area contributed by atoms with Crippen molar-refractivity contribution in [2.75, 3.05) is 19.0 Å². The summed E-state index contributed by atoms with van der Waals surface area (Å²) in [6, 6.07) is 3.49. The molecule has 1 aromatic heterocycles. The minimum absolute atomic E-state index is 0.0452. The average molecular weight is 274 g/mol. The first-order chi connectivity index (χ1) is 9.67. The van der Waals surface area contributed by atoms with Crippen molar-refractivity contribution in [1.29, 1.82) is 0 Å². The number of nitrogens with zero attached hydrogens (tertiary/aromatic N) is 2. The van der Waals surface area contributed by atoms with Gasteiger partial charge in [-0.15, -0.1) is 0 Å². The molecule has 0 radical (unpaired) electrons. The van der Waals surface area contributed by atoms with Crippen LogP contribution in [0.5, 0.6) is 0 Å². The molecule has 1 aromatic rings. The Bertz CT molecular complexity index is 487. The number of nitrogen functional groups attached to an aromatic ring is 1. The van der Waals surface area contributed by atoms with Crippen molar-refractivity contribution < 1.29 is 4.79 Å². The van der Waals surface area contributed by atoms with Gasteiger partial charge >= 0.3 is 0 Å². The van der Waals surface area contributed by atoms with Gasteiger partial charge in [0, 0.05) is 19.8 Å². The number of carbonyl (C=O) groups is 1. The van der Waals surface area contributed by atoms with Crippen LogP contribution in [0.15, 0.2) is 18.3 Å². The lowest BCUT2D eigenvalue weighted by Gasteiger charge is -2.27. The Morgan fingerprint density at radius 3 is 2.85 bits per heavy atom. The van der Waals surface area contributed by atoms with Gasteiger partial charge in [-0.05, 0) is 49.1 Å². The standard InChI is InChI=1S/C15H22N4O/c1-19(9-13-7-10-2-3-11(13)6-10)15(20)12-4-5-14(18-16)17-8-12/h4-5,8,10-11,13H,2-3,6-7,9,16H2,1H3,(H,17,18). The SMILES string of the molecule is CN(CC1CC2CCC1C2)C(=O)c1ccc(NN)nc1. The lowest BCUT2D eigenvalue weighted by molar-refractivity contribution is 0.0754. The lowest BCUT2D eigenvalue weighted by atomic mass is 9.88. The highest BCUT2D eigenvalue weighted by molar-refractivity contribution is 5.93. The van der Waals surface area contributed by atoms with Crippen molar-refractivity contribution in [1.82, 2.24) is 9.88 Å². The normalized spacial score (nSPS) is 27.6. The van der Waals surface area contributed by atoms with Crippen LogP contribution in [0.4, 0.5) is 5.82 Å². The molecule has 1 heterocycles. The Labute approximate surface area is 119 Å². The number of nitrogens with two attached hydrogens (primary N) is 1. The van der Waals surface area contributed by atoms with E-state index < -0.39 is 0 Å². The summed E-state index contributed by atoms with van der Waals surface area (Å²) in [6.45, 7) is 0.872. The fourth-order valence-electron chi connectivity index (χ4n) is 3.86. The lowest BCUT2D eigenvalue weighted by Crippen LogP contribution is -2.33. The van der Waals surface area contributed by atoms with Crippen LogP contribution in [0.25, 0.3) is 0 Å². The number of anilines is 1. The number of amides is 1. The molecule has 5 nitrogen and oxygen atoms in total. The van der Waals surface area contributed by atoms with Gasteiger partial charge in [-0.2, -0.15) is 0 Å². The molecule has 2 bridgehead atoms. The quantitative estimate of drug-likeness (QED) is 0.649. The third-order valence-electron chi connectivity index (χ3n) is 4.90. The summed E-state index contributed by atoms with van der Waals surface area (Å²) < 4.78 is 0. The van der Waals surface area contributed by atoms with Crippen molar-refractivity contribution in [3.8, 4) is 0 Å².